The van der Waals surface area contributed by atoms with Crippen LogP contribution in [0.4, 0.5) is 0 Å². The van der Waals surface area contributed by atoms with E-state index in [1.165, 1.54) is 0 Å². The average Bonchev–Trinajstić information content (AvgIpc) is 2.78. The fourth-order valence-corrected chi connectivity index (χ4v) is 2.30. The second-order valence-electron chi connectivity index (χ2n) is 4.32. The number of rotatable bonds is 0. The second kappa shape index (κ2) is 2.06. The summed E-state index contributed by atoms with van der Waals surface area (Å²) in [5, 5.41) is 0. The van der Waals surface area contributed by atoms with Crippen molar-refractivity contribution in [2.75, 3.05) is 0 Å². The van der Waals surface area contributed by atoms with Crippen molar-refractivity contribution in [1.29, 1.82) is 0 Å². The number of carbonyl (C=O) groups is 1. The molecule has 0 radical (unpaired) electrons. The highest BCUT2D eigenvalue weighted by atomic mass is 16.3. The van der Waals surface area contributed by atoms with Crippen LogP contribution in [0.25, 0.3) is 0 Å². The molecule has 3 rings (SSSR count). The molecule has 1 fully saturated rings. The Hall–Kier alpha value is -1.05. The number of Topliss-reactive ketones (excluding diaryl/α,β-unsaturated/α-hetero) is 1. The van der Waals surface area contributed by atoms with E-state index in [2.05, 4.69) is 0 Å². The van der Waals surface area contributed by atoms with Crippen LogP contribution in [-0.2, 0) is 6.42 Å². The summed E-state index contributed by atoms with van der Waals surface area (Å²) in [4.78, 5) is 11.9. The van der Waals surface area contributed by atoms with Gasteiger partial charge in [0.25, 0.3) is 0 Å². The van der Waals surface area contributed by atoms with Crippen molar-refractivity contribution in [3.8, 4) is 0 Å². The number of carbonyl (C=O) groups excluding carboxylic acids is 1. The maximum atomic E-state index is 11.9. The van der Waals surface area contributed by atoms with Gasteiger partial charge in [-0.05, 0) is 38.7 Å². The van der Waals surface area contributed by atoms with E-state index in [0.29, 0.717) is 5.76 Å². The molecule has 1 saturated carbocycles. The number of fused-ring (bicyclic) bond motifs is 1. The van der Waals surface area contributed by atoms with Crippen molar-refractivity contribution in [3.63, 3.8) is 0 Å². The number of hydrogen-bond acceptors (Lipinski definition) is 2. The number of aryl methyl sites for hydroxylation is 2. The molecule has 0 N–H and O–H groups in total. The van der Waals surface area contributed by atoms with Crippen molar-refractivity contribution in [3.05, 3.63) is 23.2 Å². The number of furan rings is 1. The Labute approximate surface area is 76.9 Å². The lowest BCUT2D eigenvalue weighted by Gasteiger charge is -2.17. The fourth-order valence-electron chi connectivity index (χ4n) is 2.30. The van der Waals surface area contributed by atoms with Gasteiger partial charge in [-0.1, -0.05) is 0 Å². The zero-order valence-corrected chi connectivity index (χ0v) is 7.72. The summed E-state index contributed by atoms with van der Waals surface area (Å²) in [6.45, 7) is 1.91. The van der Waals surface area contributed by atoms with E-state index in [-0.39, 0.29) is 11.2 Å². The molecule has 0 aromatic carbocycles. The van der Waals surface area contributed by atoms with Gasteiger partial charge in [0.1, 0.15) is 5.76 Å². The van der Waals surface area contributed by atoms with Crippen molar-refractivity contribution >= 4 is 5.78 Å². The standard InChI is InChI=1S/C11H12O2/c1-7-6-8-2-3-11(4-5-11)10(12)9(8)13-7/h6H,2-5H2,1H3. The van der Waals surface area contributed by atoms with E-state index >= 15 is 0 Å². The molecule has 2 nitrogen and oxygen atoms in total. The first-order chi connectivity index (χ1) is 6.21. The first kappa shape index (κ1) is 7.36. The molecule has 68 valence electrons. The van der Waals surface area contributed by atoms with Gasteiger partial charge in [0.2, 0.25) is 5.78 Å². The van der Waals surface area contributed by atoms with Crippen LogP contribution < -0.4 is 0 Å². The molecule has 0 amide bonds. The average molecular weight is 176 g/mol. The Morgan fingerprint density at radius 3 is 2.85 bits per heavy atom. The van der Waals surface area contributed by atoms with Gasteiger partial charge in [-0.15, -0.1) is 0 Å². The Kier molecular flexibility index (Phi) is 1.17. The predicted octanol–water partition coefficient (Wildman–Crippen LogP) is 2.50. The van der Waals surface area contributed by atoms with E-state index in [9.17, 15) is 4.79 Å². The third-order valence-electron chi connectivity index (χ3n) is 3.35. The van der Waals surface area contributed by atoms with Gasteiger partial charge in [0.15, 0.2) is 5.76 Å². The van der Waals surface area contributed by atoms with Crippen LogP contribution in [0.5, 0.6) is 0 Å². The predicted molar refractivity (Wildman–Crippen MR) is 47.8 cm³/mol. The summed E-state index contributed by atoms with van der Waals surface area (Å²) in [6, 6.07) is 2.00. The van der Waals surface area contributed by atoms with E-state index < -0.39 is 0 Å². The first-order valence-electron chi connectivity index (χ1n) is 4.85. The highest BCUT2D eigenvalue weighted by Gasteiger charge is 2.53. The highest BCUT2D eigenvalue weighted by Crippen LogP contribution is 2.54. The van der Waals surface area contributed by atoms with Crippen molar-refractivity contribution < 1.29 is 9.21 Å². The molecule has 1 aromatic rings. The number of ketones is 1. The Morgan fingerprint density at radius 1 is 1.38 bits per heavy atom. The van der Waals surface area contributed by atoms with Crippen LogP contribution in [0, 0.1) is 12.3 Å². The topological polar surface area (TPSA) is 30.2 Å². The van der Waals surface area contributed by atoms with Crippen LogP contribution in [0.3, 0.4) is 0 Å². The molecule has 2 aliphatic carbocycles. The monoisotopic (exact) mass is 176 g/mol. The molecule has 13 heavy (non-hydrogen) atoms. The van der Waals surface area contributed by atoms with Crippen molar-refractivity contribution in [2.45, 2.75) is 32.6 Å². The first-order valence-corrected chi connectivity index (χ1v) is 4.85. The smallest absolute Gasteiger partial charge is 0.204 e. The fraction of sp³-hybridized carbons (Fsp3) is 0.545. The van der Waals surface area contributed by atoms with Crippen molar-refractivity contribution in [2.24, 2.45) is 5.41 Å². The summed E-state index contributed by atoms with van der Waals surface area (Å²) in [5.74, 6) is 1.79. The van der Waals surface area contributed by atoms with E-state index in [1.54, 1.807) is 0 Å². The minimum absolute atomic E-state index is 0.0112. The van der Waals surface area contributed by atoms with Gasteiger partial charge in [0, 0.05) is 11.0 Å². The van der Waals surface area contributed by atoms with Crippen LogP contribution in [-0.4, -0.2) is 5.78 Å². The van der Waals surface area contributed by atoms with Gasteiger partial charge in [-0.3, -0.25) is 4.79 Å². The summed E-state index contributed by atoms with van der Waals surface area (Å²) in [7, 11) is 0. The summed E-state index contributed by atoms with van der Waals surface area (Å²) >= 11 is 0. The molecule has 0 aliphatic heterocycles. The lowest BCUT2D eigenvalue weighted by Crippen LogP contribution is -2.22. The van der Waals surface area contributed by atoms with Crippen LogP contribution in [0.15, 0.2) is 10.5 Å². The van der Waals surface area contributed by atoms with Crippen LogP contribution in [0.1, 0.15) is 41.1 Å². The Bertz CT molecular complexity index is 383. The third-order valence-corrected chi connectivity index (χ3v) is 3.35. The molecule has 1 heterocycles. The van der Waals surface area contributed by atoms with E-state index in [0.717, 1.165) is 37.0 Å². The summed E-state index contributed by atoms with van der Waals surface area (Å²) in [5.41, 5.74) is 1.14. The molecule has 0 atom stereocenters. The van der Waals surface area contributed by atoms with Crippen LogP contribution in [0.2, 0.25) is 0 Å². The minimum atomic E-state index is 0.0112. The summed E-state index contributed by atoms with van der Waals surface area (Å²) < 4.78 is 5.44. The van der Waals surface area contributed by atoms with Gasteiger partial charge >= 0.3 is 0 Å². The zero-order valence-electron chi connectivity index (χ0n) is 7.72. The van der Waals surface area contributed by atoms with Gasteiger partial charge < -0.3 is 4.42 Å². The van der Waals surface area contributed by atoms with Gasteiger partial charge in [-0.25, -0.2) is 0 Å². The molecular formula is C11H12O2. The normalized spacial score (nSPS) is 23.3. The maximum Gasteiger partial charge on any atom is 0.204 e. The number of hydrogen-bond donors (Lipinski definition) is 0. The van der Waals surface area contributed by atoms with E-state index in [4.69, 9.17) is 4.42 Å². The quantitative estimate of drug-likeness (QED) is 0.608. The lowest BCUT2D eigenvalue weighted by molar-refractivity contribution is 0.0847. The molecule has 2 heteroatoms. The third kappa shape index (κ3) is 0.859. The molecule has 0 unspecified atom stereocenters. The molecule has 0 bridgehead atoms. The van der Waals surface area contributed by atoms with Crippen molar-refractivity contribution in [1.82, 2.24) is 0 Å². The maximum absolute atomic E-state index is 11.9. The molecule has 2 aliphatic rings. The SMILES string of the molecule is Cc1cc2c(o1)C(=O)C1(CC2)CC1. The molecule has 1 spiro atoms. The van der Waals surface area contributed by atoms with Gasteiger partial charge in [-0.2, -0.15) is 0 Å². The van der Waals surface area contributed by atoms with Crippen LogP contribution >= 0.6 is 0 Å². The second-order valence-corrected chi connectivity index (χ2v) is 4.32. The molecule has 0 saturated heterocycles. The van der Waals surface area contributed by atoms with E-state index in [1.807, 2.05) is 13.0 Å². The van der Waals surface area contributed by atoms with Gasteiger partial charge in [0.05, 0.1) is 0 Å². The zero-order chi connectivity index (χ0) is 9.05. The largest absolute Gasteiger partial charge is 0.458 e. The Morgan fingerprint density at radius 2 is 2.15 bits per heavy atom. The summed E-state index contributed by atoms with van der Waals surface area (Å²) in [6.07, 6.45) is 4.21. The minimum Gasteiger partial charge on any atom is -0.458 e. The highest BCUT2D eigenvalue weighted by molar-refractivity contribution is 6.02. The Balaban J connectivity index is 2.12. The molecule has 1 aromatic heterocycles. The molecular weight excluding hydrogens is 164 g/mol. The lowest BCUT2D eigenvalue weighted by atomic mass is 9.84.